The largest absolute Gasteiger partial charge is 0.508 e. The van der Waals surface area contributed by atoms with E-state index in [1.807, 2.05) is 6.92 Å². The van der Waals surface area contributed by atoms with Gasteiger partial charge in [-0.25, -0.2) is 4.79 Å². The zero-order valence-electron chi connectivity index (χ0n) is 5.88. The SMILES string of the molecule is C[CH]C(C)OC(=O)OC. The lowest BCUT2D eigenvalue weighted by molar-refractivity contribution is 0.0535. The van der Waals surface area contributed by atoms with Crippen molar-refractivity contribution in [1.29, 1.82) is 0 Å². The van der Waals surface area contributed by atoms with Crippen LogP contribution in [0.1, 0.15) is 13.8 Å². The van der Waals surface area contributed by atoms with Gasteiger partial charge in [0.1, 0.15) is 6.10 Å². The summed E-state index contributed by atoms with van der Waals surface area (Å²) >= 11 is 0. The van der Waals surface area contributed by atoms with Crippen molar-refractivity contribution in [3.05, 3.63) is 6.42 Å². The molecule has 3 heteroatoms. The first-order chi connectivity index (χ1) is 4.20. The van der Waals surface area contributed by atoms with Crippen LogP contribution in [0.3, 0.4) is 0 Å². The quantitative estimate of drug-likeness (QED) is 0.531. The Morgan fingerprint density at radius 1 is 1.67 bits per heavy atom. The van der Waals surface area contributed by atoms with Crippen molar-refractivity contribution >= 4 is 6.16 Å². The fraction of sp³-hybridized carbons (Fsp3) is 0.667. The topological polar surface area (TPSA) is 35.5 Å². The normalized spacial score (nSPS) is 12.3. The maximum atomic E-state index is 10.3. The highest BCUT2D eigenvalue weighted by atomic mass is 16.7. The predicted molar refractivity (Wildman–Crippen MR) is 32.9 cm³/mol. The summed E-state index contributed by atoms with van der Waals surface area (Å²) in [4.78, 5) is 10.3. The van der Waals surface area contributed by atoms with Crippen LogP contribution in [0, 0.1) is 6.42 Å². The van der Waals surface area contributed by atoms with E-state index in [2.05, 4.69) is 9.47 Å². The second kappa shape index (κ2) is 4.18. The van der Waals surface area contributed by atoms with E-state index >= 15 is 0 Å². The van der Waals surface area contributed by atoms with Gasteiger partial charge in [-0.15, -0.1) is 0 Å². The van der Waals surface area contributed by atoms with Crippen molar-refractivity contribution < 1.29 is 14.3 Å². The van der Waals surface area contributed by atoms with Crippen molar-refractivity contribution in [2.45, 2.75) is 20.0 Å². The minimum atomic E-state index is -0.638. The molecule has 0 saturated carbocycles. The van der Waals surface area contributed by atoms with Gasteiger partial charge < -0.3 is 9.47 Å². The van der Waals surface area contributed by atoms with E-state index in [1.54, 1.807) is 13.3 Å². The molecule has 0 heterocycles. The summed E-state index contributed by atoms with van der Waals surface area (Å²) in [5.41, 5.74) is 0. The minimum Gasteiger partial charge on any atom is -0.438 e. The molecule has 0 bridgehead atoms. The third-order valence-electron chi connectivity index (χ3n) is 0.918. The molecular weight excluding hydrogens is 120 g/mol. The van der Waals surface area contributed by atoms with Crippen LogP contribution in [0.5, 0.6) is 0 Å². The molecule has 0 aromatic rings. The van der Waals surface area contributed by atoms with Crippen LogP contribution in [0.15, 0.2) is 0 Å². The van der Waals surface area contributed by atoms with Gasteiger partial charge in [0.15, 0.2) is 0 Å². The van der Waals surface area contributed by atoms with Gasteiger partial charge >= 0.3 is 6.16 Å². The van der Waals surface area contributed by atoms with Crippen molar-refractivity contribution in [2.24, 2.45) is 0 Å². The molecule has 0 aromatic heterocycles. The number of carbonyl (C=O) groups is 1. The van der Waals surface area contributed by atoms with E-state index in [0.717, 1.165) is 0 Å². The molecule has 0 aliphatic heterocycles. The summed E-state index contributed by atoms with van der Waals surface area (Å²) in [6.45, 7) is 3.57. The fourth-order valence-electron chi connectivity index (χ4n) is 0.268. The van der Waals surface area contributed by atoms with Gasteiger partial charge in [0.25, 0.3) is 0 Å². The van der Waals surface area contributed by atoms with Gasteiger partial charge in [-0.2, -0.15) is 0 Å². The Hall–Kier alpha value is -0.730. The van der Waals surface area contributed by atoms with Crippen molar-refractivity contribution in [3.63, 3.8) is 0 Å². The smallest absolute Gasteiger partial charge is 0.438 e. The maximum absolute atomic E-state index is 10.3. The molecule has 0 saturated heterocycles. The van der Waals surface area contributed by atoms with Crippen molar-refractivity contribution in [2.75, 3.05) is 7.11 Å². The van der Waals surface area contributed by atoms with Crippen LogP contribution in [0.4, 0.5) is 4.79 Å². The molecule has 0 amide bonds. The summed E-state index contributed by atoms with van der Waals surface area (Å²) < 4.78 is 8.87. The molecule has 0 aromatic carbocycles. The molecule has 0 aliphatic carbocycles. The Morgan fingerprint density at radius 2 is 2.22 bits per heavy atom. The van der Waals surface area contributed by atoms with Gasteiger partial charge in [0, 0.05) is 0 Å². The molecule has 0 rings (SSSR count). The second-order valence-corrected chi connectivity index (χ2v) is 1.61. The lowest BCUT2D eigenvalue weighted by Crippen LogP contribution is -2.13. The number of hydrogen-bond donors (Lipinski definition) is 0. The third kappa shape index (κ3) is 3.82. The van der Waals surface area contributed by atoms with Crippen LogP contribution in [0.25, 0.3) is 0 Å². The van der Waals surface area contributed by atoms with Gasteiger partial charge in [-0.05, 0) is 13.3 Å². The van der Waals surface area contributed by atoms with Gasteiger partial charge in [0.2, 0.25) is 0 Å². The van der Waals surface area contributed by atoms with E-state index in [9.17, 15) is 4.79 Å². The number of methoxy groups -OCH3 is 1. The summed E-state index contributed by atoms with van der Waals surface area (Å²) in [7, 11) is 1.28. The Balaban J connectivity index is 3.34. The number of ether oxygens (including phenoxy) is 2. The van der Waals surface area contributed by atoms with Gasteiger partial charge in [-0.1, -0.05) is 6.92 Å². The third-order valence-corrected chi connectivity index (χ3v) is 0.918. The highest BCUT2D eigenvalue weighted by Crippen LogP contribution is 1.95. The van der Waals surface area contributed by atoms with E-state index in [0.29, 0.717) is 0 Å². The fourth-order valence-corrected chi connectivity index (χ4v) is 0.268. The van der Waals surface area contributed by atoms with E-state index in [-0.39, 0.29) is 6.10 Å². The maximum Gasteiger partial charge on any atom is 0.508 e. The Labute approximate surface area is 55.0 Å². The molecular formula is C6H11O3. The summed E-state index contributed by atoms with van der Waals surface area (Å²) in [5.74, 6) is 0. The molecule has 1 atom stereocenters. The van der Waals surface area contributed by atoms with Crippen LogP contribution < -0.4 is 0 Å². The number of rotatable bonds is 2. The summed E-state index contributed by atoms with van der Waals surface area (Å²) in [6, 6.07) is 0. The second-order valence-electron chi connectivity index (χ2n) is 1.61. The molecule has 53 valence electrons. The molecule has 1 unspecified atom stereocenters. The van der Waals surface area contributed by atoms with Crippen molar-refractivity contribution in [3.8, 4) is 0 Å². The van der Waals surface area contributed by atoms with Gasteiger partial charge in [-0.3, -0.25) is 0 Å². The lowest BCUT2D eigenvalue weighted by Gasteiger charge is -2.07. The highest BCUT2D eigenvalue weighted by Gasteiger charge is 2.05. The molecule has 0 aliphatic rings. The predicted octanol–water partition coefficient (Wildman–Crippen LogP) is 1.38. The summed E-state index contributed by atoms with van der Waals surface area (Å²) in [6.07, 6.45) is 0.953. The first-order valence-corrected chi connectivity index (χ1v) is 2.74. The molecule has 0 N–H and O–H groups in total. The monoisotopic (exact) mass is 131 g/mol. The van der Waals surface area contributed by atoms with E-state index in [1.165, 1.54) is 7.11 Å². The molecule has 9 heavy (non-hydrogen) atoms. The zero-order valence-corrected chi connectivity index (χ0v) is 5.88. The van der Waals surface area contributed by atoms with E-state index < -0.39 is 6.16 Å². The van der Waals surface area contributed by atoms with E-state index in [4.69, 9.17) is 0 Å². The highest BCUT2D eigenvalue weighted by molar-refractivity contribution is 5.59. The van der Waals surface area contributed by atoms with Gasteiger partial charge in [0.05, 0.1) is 7.11 Å². The van der Waals surface area contributed by atoms with Crippen LogP contribution >= 0.6 is 0 Å². The minimum absolute atomic E-state index is 0.169. The first kappa shape index (κ1) is 8.27. The first-order valence-electron chi connectivity index (χ1n) is 2.74. The molecule has 0 spiro atoms. The molecule has 1 radical (unpaired) electrons. The van der Waals surface area contributed by atoms with Crippen molar-refractivity contribution in [1.82, 2.24) is 0 Å². The average Bonchev–Trinajstić information content (AvgIpc) is 1.87. The van der Waals surface area contributed by atoms with Crippen LogP contribution in [-0.2, 0) is 9.47 Å². The standard InChI is InChI=1S/C6H11O3/c1-4-5(2)9-6(7)8-3/h4-5H,1-3H3. The zero-order chi connectivity index (χ0) is 7.28. The Morgan fingerprint density at radius 3 is 2.56 bits per heavy atom. The number of carbonyl (C=O) groups excluding carboxylic acids is 1. The molecule has 3 nitrogen and oxygen atoms in total. The number of hydrogen-bond acceptors (Lipinski definition) is 3. The Bertz CT molecular complexity index is 90.3. The van der Waals surface area contributed by atoms with Crippen LogP contribution in [-0.4, -0.2) is 19.4 Å². The molecule has 0 fully saturated rings. The van der Waals surface area contributed by atoms with Crippen LogP contribution in [0.2, 0.25) is 0 Å². The Kier molecular flexibility index (Phi) is 3.84. The lowest BCUT2D eigenvalue weighted by atomic mass is 10.3. The summed E-state index contributed by atoms with van der Waals surface area (Å²) in [5, 5.41) is 0. The average molecular weight is 131 g/mol.